The van der Waals surface area contributed by atoms with Gasteiger partial charge in [-0.25, -0.2) is 4.98 Å². The maximum atomic E-state index is 12.2. The van der Waals surface area contributed by atoms with E-state index in [0.717, 1.165) is 5.69 Å². The van der Waals surface area contributed by atoms with E-state index < -0.39 is 12.0 Å². The zero-order valence-corrected chi connectivity index (χ0v) is 12.3. The highest BCUT2D eigenvalue weighted by Crippen LogP contribution is 2.11. The predicted molar refractivity (Wildman–Crippen MR) is 78.3 cm³/mol. The van der Waals surface area contributed by atoms with Crippen molar-refractivity contribution in [3.05, 3.63) is 35.8 Å². The molecule has 0 aliphatic rings. The van der Waals surface area contributed by atoms with E-state index in [9.17, 15) is 9.59 Å². The van der Waals surface area contributed by atoms with E-state index in [1.807, 2.05) is 43.4 Å². The van der Waals surface area contributed by atoms with Gasteiger partial charge in [0.2, 0.25) is 0 Å². The highest BCUT2D eigenvalue weighted by molar-refractivity contribution is 5.93. The number of aliphatic carboxylic acids is 1. The number of hydrogen-bond acceptors (Lipinski definition) is 3. The Labute approximate surface area is 122 Å². The first-order chi connectivity index (χ1) is 9.88. The van der Waals surface area contributed by atoms with Gasteiger partial charge in [0.1, 0.15) is 11.3 Å². The summed E-state index contributed by atoms with van der Waals surface area (Å²) in [7, 11) is 0. The number of nitrogens with zero attached hydrogens (tertiary/aromatic N) is 2. The number of fused-ring (bicyclic) bond motifs is 1. The summed E-state index contributed by atoms with van der Waals surface area (Å²) in [4.78, 5) is 27.4. The summed E-state index contributed by atoms with van der Waals surface area (Å²) in [5.74, 6) is -1.25. The van der Waals surface area contributed by atoms with Crippen LogP contribution in [0.25, 0.3) is 5.65 Å². The Kier molecular flexibility index (Phi) is 4.26. The number of nitrogens with one attached hydrogen (secondary N) is 1. The average Bonchev–Trinajstić information content (AvgIpc) is 2.82. The summed E-state index contributed by atoms with van der Waals surface area (Å²) in [6.45, 7) is 5.68. The van der Waals surface area contributed by atoms with E-state index in [2.05, 4.69) is 10.3 Å². The number of rotatable bonds is 5. The molecule has 0 aliphatic carbocycles. The number of carboxylic acids is 1. The standard InChI is InChI=1S/C15H19N3O3/c1-9(2)11(7-14(19)20)17-15(21)12-8-18-10(3)5-4-6-13(18)16-12/h4-6,8-9,11H,7H2,1-3H3,(H,17,21)(H,19,20). The number of pyridine rings is 1. The molecule has 2 heterocycles. The number of aryl methyl sites for hydroxylation is 1. The van der Waals surface area contributed by atoms with E-state index in [4.69, 9.17) is 5.11 Å². The molecule has 0 saturated heterocycles. The molecule has 21 heavy (non-hydrogen) atoms. The van der Waals surface area contributed by atoms with Crippen LogP contribution in [-0.4, -0.2) is 32.4 Å². The van der Waals surface area contributed by atoms with Gasteiger partial charge in [0.15, 0.2) is 0 Å². The fourth-order valence-electron chi connectivity index (χ4n) is 2.14. The number of imidazole rings is 1. The van der Waals surface area contributed by atoms with Crippen LogP contribution >= 0.6 is 0 Å². The molecule has 6 heteroatoms. The fourth-order valence-corrected chi connectivity index (χ4v) is 2.14. The largest absolute Gasteiger partial charge is 0.481 e. The summed E-state index contributed by atoms with van der Waals surface area (Å²) in [5.41, 5.74) is 1.96. The molecule has 0 fully saturated rings. The van der Waals surface area contributed by atoms with Crippen LogP contribution < -0.4 is 5.32 Å². The topological polar surface area (TPSA) is 83.7 Å². The van der Waals surface area contributed by atoms with Gasteiger partial charge in [-0.1, -0.05) is 19.9 Å². The van der Waals surface area contributed by atoms with E-state index in [1.54, 1.807) is 6.20 Å². The van der Waals surface area contributed by atoms with Crippen molar-refractivity contribution in [3.63, 3.8) is 0 Å². The first-order valence-electron chi connectivity index (χ1n) is 6.86. The third-order valence-electron chi connectivity index (χ3n) is 3.44. The molecular formula is C15H19N3O3. The van der Waals surface area contributed by atoms with Crippen molar-refractivity contribution < 1.29 is 14.7 Å². The Morgan fingerprint density at radius 3 is 2.67 bits per heavy atom. The van der Waals surface area contributed by atoms with Gasteiger partial charge in [0, 0.05) is 17.9 Å². The second-order valence-corrected chi connectivity index (χ2v) is 5.44. The van der Waals surface area contributed by atoms with Gasteiger partial charge in [-0.05, 0) is 25.0 Å². The molecule has 2 aromatic heterocycles. The normalized spacial score (nSPS) is 12.6. The third-order valence-corrected chi connectivity index (χ3v) is 3.44. The Hall–Kier alpha value is -2.37. The quantitative estimate of drug-likeness (QED) is 0.880. The number of carbonyl (C=O) groups is 2. The number of aromatic nitrogens is 2. The number of carbonyl (C=O) groups excluding carboxylic acids is 1. The highest BCUT2D eigenvalue weighted by atomic mass is 16.4. The Morgan fingerprint density at radius 1 is 1.38 bits per heavy atom. The summed E-state index contributed by atoms with van der Waals surface area (Å²) in [6.07, 6.45) is 1.56. The summed E-state index contributed by atoms with van der Waals surface area (Å²) >= 11 is 0. The van der Waals surface area contributed by atoms with Crippen LogP contribution in [0.1, 0.15) is 36.5 Å². The summed E-state index contributed by atoms with van der Waals surface area (Å²) in [6, 6.07) is 5.21. The van der Waals surface area contributed by atoms with Gasteiger partial charge in [-0.2, -0.15) is 0 Å². The molecule has 0 aliphatic heterocycles. The maximum absolute atomic E-state index is 12.2. The lowest BCUT2D eigenvalue weighted by Gasteiger charge is -2.19. The van der Waals surface area contributed by atoms with E-state index in [-0.39, 0.29) is 18.2 Å². The third kappa shape index (κ3) is 3.39. The van der Waals surface area contributed by atoms with E-state index in [1.165, 1.54) is 0 Å². The molecular weight excluding hydrogens is 270 g/mol. The van der Waals surface area contributed by atoms with Gasteiger partial charge in [-0.15, -0.1) is 0 Å². The zero-order valence-electron chi connectivity index (χ0n) is 12.3. The smallest absolute Gasteiger partial charge is 0.305 e. The van der Waals surface area contributed by atoms with Gasteiger partial charge in [0.05, 0.1) is 6.42 Å². The van der Waals surface area contributed by atoms with Gasteiger partial charge in [0.25, 0.3) is 5.91 Å². The van der Waals surface area contributed by atoms with Crippen molar-refractivity contribution in [2.75, 3.05) is 0 Å². The van der Waals surface area contributed by atoms with Crippen LogP contribution in [0.3, 0.4) is 0 Å². The van der Waals surface area contributed by atoms with E-state index >= 15 is 0 Å². The summed E-state index contributed by atoms with van der Waals surface area (Å²) in [5, 5.41) is 11.6. The summed E-state index contributed by atoms with van der Waals surface area (Å²) < 4.78 is 1.83. The molecule has 0 saturated carbocycles. The minimum absolute atomic E-state index is 0.0313. The molecule has 2 aromatic rings. The lowest BCUT2D eigenvalue weighted by molar-refractivity contribution is -0.137. The minimum atomic E-state index is -0.931. The molecule has 112 valence electrons. The van der Waals surface area contributed by atoms with Crippen LogP contribution in [0.15, 0.2) is 24.4 Å². The Bertz CT molecular complexity index is 676. The Balaban J connectivity index is 2.21. The fraction of sp³-hybridized carbons (Fsp3) is 0.400. The molecule has 1 amide bonds. The highest BCUT2D eigenvalue weighted by Gasteiger charge is 2.21. The van der Waals surface area contributed by atoms with E-state index in [0.29, 0.717) is 11.3 Å². The molecule has 6 nitrogen and oxygen atoms in total. The monoisotopic (exact) mass is 289 g/mol. The van der Waals surface area contributed by atoms with Crippen LogP contribution in [0, 0.1) is 12.8 Å². The van der Waals surface area contributed by atoms with Crippen LogP contribution in [0.2, 0.25) is 0 Å². The van der Waals surface area contributed by atoms with Crippen molar-refractivity contribution in [2.24, 2.45) is 5.92 Å². The average molecular weight is 289 g/mol. The molecule has 0 radical (unpaired) electrons. The van der Waals surface area contributed by atoms with Gasteiger partial charge in [-0.3, -0.25) is 9.59 Å². The molecule has 0 bridgehead atoms. The molecule has 2 rings (SSSR count). The van der Waals surface area contributed by atoms with Crippen molar-refractivity contribution >= 4 is 17.5 Å². The SMILES string of the molecule is Cc1cccc2nc(C(=O)NC(CC(=O)O)C(C)C)cn12. The second-order valence-electron chi connectivity index (χ2n) is 5.44. The first kappa shape index (κ1) is 15.0. The predicted octanol–water partition coefficient (Wildman–Crippen LogP) is 1.87. The van der Waals surface area contributed by atoms with Crippen LogP contribution in [0.4, 0.5) is 0 Å². The van der Waals surface area contributed by atoms with Gasteiger partial charge >= 0.3 is 5.97 Å². The van der Waals surface area contributed by atoms with Crippen LogP contribution in [0.5, 0.6) is 0 Å². The van der Waals surface area contributed by atoms with Gasteiger partial charge < -0.3 is 14.8 Å². The maximum Gasteiger partial charge on any atom is 0.305 e. The lowest BCUT2D eigenvalue weighted by atomic mass is 10.0. The molecule has 0 aromatic carbocycles. The minimum Gasteiger partial charge on any atom is -0.481 e. The van der Waals surface area contributed by atoms with Crippen molar-refractivity contribution in [1.82, 2.24) is 14.7 Å². The first-order valence-corrected chi connectivity index (χ1v) is 6.86. The van der Waals surface area contributed by atoms with Crippen molar-refractivity contribution in [1.29, 1.82) is 0 Å². The molecule has 1 unspecified atom stereocenters. The Morgan fingerprint density at radius 2 is 2.10 bits per heavy atom. The molecule has 2 N–H and O–H groups in total. The molecule has 0 spiro atoms. The number of carboxylic acid groups (broad SMARTS) is 1. The van der Waals surface area contributed by atoms with Crippen LogP contribution in [-0.2, 0) is 4.79 Å². The lowest BCUT2D eigenvalue weighted by Crippen LogP contribution is -2.40. The van der Waals surface area contributed by atoms with Crippen molar-refractivity contribution in [3.8, 4) is 0 Å². The van der Waals surface area contributed by atoms with Crippen molar-refractivity contribution in [2.45, 2.75) is 33.2 Å². The number of hydrogen-bond donors (Lipinski definition) is 2. The zero-order chi connectivity index (χ0) is 15.6. The molecule has 1 atom stereocenters. The number of amides is 1. The second kappa shape index (κ2) is 5.95.